The molecule has 1 saturated heterocycles. The van der Waals surface area contributed by atoms with Crippen LogP contribution in [0.3, 0.4) is 0 Å². The van der Waals surface area contributed by atoms with Gasteiger partial charge in [-0.1, -0.05) is 43.2 Å². The molecule has 3 aromatic rings. The molecule has 5 atom stereocenters. The van der Waals surface area contributed by atoms with E-state index in [0.29, 0.717) is 56.0 Å². The van der Waals surface area contributed by atoms with Gasteiger partial charge in [0, 0.05) is 29.6 Å². The van der Waals surface area contributed by atoms with Crippen LogP contribution in [0.2, 0.25) is 0 Å². The zero-order valence-corrected chi connectivity index (χ0v) is 29.4. The largest absolute Gasteiger partial charge is 0.472 e. The number of amides is 3. The average molecular weight is 758 g/mol. The molecule has 53 heavy (non-hydrogen) atoms. The highest BCUT2D eigenvalue weighted by atomic mass is 32.2. The van der Waals surface area contributed by atoms with Gasteiger partial charge in [0.1, 0.15) is 29.5 Å². The van der Waals surface area contributed by atoms with E-state index in [1.807, 2.05) is 36.4 Å². The first-order valence-corrected chi connectivity index (χ1v) is 19.3. The van der Waals surface area contributed by atoms with Gasteiger partial charge in [0.05, 0.1) is 17.4 Å². The Morgan fingerprint density at radius 1 is 1.04 bits per heavy atom. The number of nitrogens with one attached hydrogen (secondary N) is 3. The highest BCUT2D eigenvalue weighted by molar-refractivity contribution is 7.91. The second kappa shape index (κ2) is 14.3. The van der Waals surface area contributed by atoms with Crippen molar-refractivity contribution in [2.45, 2.75) is 92.9 Å². The number of aromatic nitrogens is 1. The number of ether oxygens (including phenoxy) is 1. The first kappa shape index (κ1) is 36.6. The van der Waals surface area contributed by atoms with Gasteiger partial charge in [0.25, 0.3) is 5.91 Å². The number of allylic oxidation sites excluding steroid dienone is 1. The van der Waals surface area contributed by atoms with Crippen molar-refractivity contribution in [2.75, 3.05) is 11.9 Å². The fraction of sp³-hybridized carbons (Fsp3) is 0.459. The van der Waals surface area contributed by atoms with Gasteiger partial charge in [0.15, 0.2) is 0 Å². The van der Waals surface area contributed by atoms with Gasteiger partial charge >= 0.3 is 6.18 Å². The van der Waals surface area contributed by atoms with E-state index in [1.165, 1.54) is 4.90 Å². The number of carbonyl (C=O) groups excluding carboxylic acids is 3. The number of hydrogen-bond donors (Lipinski definition) is 3. The molecule has 7 rings (SSSR count). The second-order valence-corrected chi connectivity index (χ2v) is 16.2. The lowest BCUT2D eigenvalue weighted by molar-refractivity contribution is -0.140. The number of nitrogens with zero attached hydrogens (tertiary/aromatic N) is 2. The summed E-state index contributed by atoms with van der Waals surface area (Å²) in [6.07, 6.45) is 3.16. The van der Waals surface area contributed by atoms with Gasteiger partial charge < -0.3 is 20.3 Å². The Balaban J connectivity index is 1.21. The molecule has 2 aliphatic heterocycles. The zero-order chi connectivity index (χ0) is 37.5. The SMILES string of the molecule is O=C1N[C@]2(C(=O)NS(=O)(=O)C3CC3)C[C@@H]2/C=C\CCCCC[C@H](Nc2ccc(F)c(C(F)(F)F)c2)C(=O)N2C[C@H](Oc3nccc4ccccc34)C[C@@H]12. The molecule has 282 valence electrons. The summed E-state index contributed by atoms with van der Waals surface area (Å²) in [6.45, 7) is -0.101. The summed E-state index contributed by atoms with van der Waals surface area (Å²) in [7, 11) is -3.94. The number of halogens is 4. The molecule has 2 aliphatic carbocycles. The monoisotopic (exact) mass is 757 g/mol. The molecule has 0 spiro atoms. The van der Waals surface area contributed by atoms with Crippen LogP contribution < -0.4 is 20.1 Å². The van der Waals surface area contributed by atoms with Gasteiger partial charge in [-0.3, -0.25) is 19.1 Å². The Kier molecular flexibility index (Phi) is 9.85. The van der Waals surface area contributed by atoms with E-state index >= 15 is 0 Å². The number of pyridine rings is 1. The summed E-state index contributed by atoms with van der Waals surface area (Å²) >= 11 is 0. The fourth-order valence-corrected chi connectivity index (χ4v) is 8.59. The maximum Gasteiger partial charge on any atom is 0.419 e. The summed E-state index contributed by atoms with van der Waals surface area (Å²) < 4.78 is 89.0. The molecule has 4 aliphatic rings. The number of rotatable bonds is 7. The molecular weight excluding hydrogens is 718 g/mol. The topological polar surface area (TPSA) is 147 Å². The first-order valence-electron chi connectivity index (χ1n) is 17.7. The van der Waals surface area contributed by atoms with Gasteiger partial charge in [-0.05, 0) is 74.2 Å². The van der Waals surface area contributed by atoms with E-state index in [4.69, 9.17) is 4.74 Å². The Morgan fingerprint density at radius 3 is 2.60 bits per heavy atom. The van der Waals surface area contributed by atoms with Gasteiger partial charge in [0.2, 0.25) is 27.7 Å². The maximum atomic E-state index is 14.5. The van der Waals surface area contributed by atoms with Crippen LogP contribution in [0.25, 0.3) is 10.8 Å². The molecule has 0 unspecified atom stereocenters. The summed E-state index contributed by atoms with van der Waals surface area (Å²) in [6, 6.07) is 9.28. The highest BCUT2D eigenvalue weighted by Gasteiger charge is 2.62. The third kappa shape index (κ3) is 7.82. The molecule has 16 heteroatoms. The van der Waals surface area contributed by atoms with E-state index in [-0.39, 0.29) is 37.4 Å². The molecule has 1 aromatic heterocycles. The molecule has 2 aromatic carbocycles. The number of fused-ring (bicyclic) bond motifs is 3. The minimum Gasteiger partial charge on any atom is -0.472 e. The van der Waals surface area contributed by atoms with Crippen molar-refractivity contribution in [3.8, 4) is 5.88 Å². The second-order valence-electron chi connectivity index (χ2n) is 14.2. The van der Waals surface area contributed by atoms with Crippen LogP contribution in [-0.2, 0) is 30.6 Å². The van der Waals surface area contributed by atoms with Crippen molar-refractivity contribution in [1.82, 2.24) is 19.9 Å². The number of carbonyl (C=O) groups is 3. The maximum absolute atomic E-state index is 14.5. The number of benzene rings is 2. The van der Waals surface area contributed by atoms with E-state index in [0.717, 1.165) is 11.5 Å². The van der Waals surface area contributed by atoms with E-state index in [2.05, 4.69) is 20.3 Å². The van der Waals surface area contributed by atoms with Crippen LogP contribution in [0.4, 0.5) is 23.2 Å². The Bertz CT molecular complexity index is 2050. The smallest absolute Gasteiger partial charge is 0.419 e. The van der Waals surface area contributed by atoms with Crippen molar-refractivity contribution in [3.63, 3.8) is 0 Å². The molecule has 3 N–H and O–H groups in total. The quantitative estimate of drug-likeness (QED) is 0.220. The third-order valence-electron chi connectivity index (χ3n) is 10.4. The lowest BCUT2D eigenvalue weighted by Crippen LogP contribution is -2.57. The zero-order valence-electron chi connectivity index (χ0n) is 28.6. The Labute approximate surface area is 303 Å². The molecule has 0 radical (unpaired) electrons. The summed E-state index contributed by atoms with van der Waals surface area (Å²) in [5.41, 5.74) is -3.18. The van der Waals surface area contributed by atoms with Crippen molar-refractivity contribution in [1.29, 1.82) is 0 Å². The van der Waals surface area contributed by atoms with Crippen molar-refractivity contribution >= 4 is 44.2 Å². The van der Waals surface area contributed by atoms with Crippen LogP contribution in [-0.4, -0.2) is 71.5 Å². The van der Waals surface area contributed by atoms with Gasteiger partial charge in [-0.15, -0.1) is 0 Å². The van der Waals surface area contributed by atoms with E-state index < -0.39 is 80.2 Å². The molecule has 2 saturated carbocycles. The van der Waals surface area contributed by atoms with Crippen LogP contribution in [0, 0.1) is 11.7 Å². The fourth-order valence-electron chi connectivity index (χ4n) is 7.22. The molecule has 11 nitrogen and oxygen atoms in total. The Morgan fingerprint density at radius 2 is 1.83 bits per heavy atom. The first-order chi connectivity index (χ1) is 25.2. The lowest BCUT2D eigenvalue weighted by Gasteiger charge is -2.30. The van der Waals surface area contributed by atoms with Crippen LogP contribution in [0.15, 0.2) is 66.9 Å². The normalized spacial score (nSPS) is 27.4. The third-order valence-corrected chi connectivity index (χ3v) is 12.2. The number of sulfonamides is 1. The van der Waals surface area contributed by atoms with Crippen LogP contribution in [0.1, 0.15) is 63.4 Å². The molecule has 3 amide bonds. The summed E-state index contributed by atoms with van der Waals surface area (Å²) in [5, 5.41) is 6.56. The standard InChI is InChI=1S/C37H39F4N5O6S/c38-29-15-12-24(18-28(29)37(39,40)41)43-30-11-5-3-1-2-4-9-23-20-36(23,35(49)45-53(50,51)26-13-14-26)44-32(47)31-19-25(21-46(31)34(30)48)52-33-27-10-7-6-8-22(27)16-17-42-33/h4,6-10,12,15-18,23,25-26,30-31,43H,1-3,5,11,13-14,19-21H2,(H,44,47)(H,45,49)/b9-4-/t23-,25+,30-,31-,36+/m0/s1. The van der Waals surface area contributed by atoms with Crippen LogP contribution in [0.5, 0.6) is 5.88 Å². The minimum atomic E-state index is -4.97. The Hall–Kier alpha value is -4.73. The summed E-state index contributed by atoms with van der Waals surface area (Å²) in [5.74, 6) is -3.83. The molecule has 3 fully saturated rings. The molecular formula is C37H39F4N5O6S. The van der Waals surface area contributed by atoms with Gasteiger partial charge in [-0.2, -0.15) is 13.2 Å². The predicted molar refractivity (Wildman–Crippen MR) is 186 cm³/mol. The highest BCUT2D eigenvalue weighted by Crippen LogP contribution is 2.46. The summed E-state index contributed by atoms with van der Waals surface area (Å²) in [4.78, 5) is 48.1. The number of hydrogen-bond acceptors (Lipinski definition) is 8. The number of anilines is 1. The number of alkyl halides is 3. The predicted octanol–water partition coefficient (Wildman–Crippen LogP) is 5.23. The average Bonchev–Trinajstić information content (AvgIpc) is 4.04. The van der Waals surface area contributed by atoms with E-state index in [9.17, 15) is 40.4 Å². The van der Waals surface area contributed by atoms with Gasteiger partial charge in [-0.25, -0.2) is 17.8 Å². The molecule has 3 heterocycles. The van der Waals surface area contributed by atoms with Crippen LogP contribution >= 0.6 is 0 Å². The minimum absolute atomic E-state index is 0.0253. The van der Waals surface area contributed by atoms with E-state index in [1.54, 1.807) is 12.3 Å². The lowest BCUT2D eigenvalue weighted by atomic mass is 10.0. The molecule has 0 bridgehead atoms. The van der Waals surface area contributed by atoms with Crippen molar-refractivity contribution in [3.05, 3.63) is 78.3 Å². The van der Waals surface area contributed by atoms with Crippen molar-refractivity contribution in [2.24, 2.45) is 5.92 Å². The van der Waals surface area contributed by atoms with Crippen molar-refractivity contribution < 1.29 is 45.1 Å².